The number of rotatable bonds is 46. The van der Waals surface area contributed by atoms with Crippen LogP contribution in [0, 0.1) is 0 Å². The van der Waals surface area contributed by atoms with Crippen LogP contribution in [-0.4, -0.2) is 49.3 Å². The van der Waals surface area contributed by atoms with Crippen molar-refractivity contribution in [3.8, 4) is 11.5 Å². The lowest BCUT2D eigenvalue weighted by Gasteiger charge is -2.17. The SMILES string of the molecule is CCCCCCCCCCCCCCCCCCOCC(Br)COc1c(Br)cc(Cc2cc(Br)c(OCC(Br)COCCCCCCCCCCCCCCCCCC)c(Br)c2)cc1Br. The molecule has 2 unspecified atom stereocenters. The monoisotopic (exact) mass is 1290 g/mol. The first-order valence-electron chi connectivity index (χ1n) is 26.4. The van der Waals surface area contributed by atoms with Crippen molar-refractivity contribution >= 4 is 95.6 Å². The van der Waals surface area contributed by atoms with E-state index >= 15 is 0 Å². The fourth-order valence-electron chi connectivity index (χ4n) is 8.31. The van der Waals surface area contributed by atoms with Gasteiger partial charge in [0, 0.05) is 13.2 Å². The molecule has 2 rings (SSSR count). The molecule has 0 aliphatic heterocycles. The van der Waals surface area contributed by atoms with E-state index in [1.54, 1.807) is 0 Å². The van der Waals surface area contributed by atoms with Gasteiger partial charge in [-0.2, -0.15) is 0 Å². The van der Waals surface area contributed by atoms with Gasteiger partial charge in [0.25, 0.3) is 0 Å². The summed E-state index contributed by atoms with van der Waals surface area (Å²) in [5.41, 5.74) is 2.34. The number of hydrogen-bond donors (Lipinski definition) is 0. The molecule has 0 fully saturated rings. The third-order valence-corrected chi connectivity index (χ3v) is 15.6. The van der Waals surface area contributed by atoms with Crippen molar-refractivity contribution in [1.82, 2.24) is 0 Å². The summed E-state index contributed by atoms with van der Waals surface area (Å²) >= 11 is 22.6. The highest BCUT2D eigenvalue weighted by molar-refractivity contribution is 9.11. The molecule has 0 radical (unpaired) electrons. The maximum absolute atomic E-state index is 6.24. The maximum atomic E-state index is 6.24. The number of alkyl halides is 2. The zero-order valence-electron chi connectivity index (χ0n) is 40.9. The molecule has 0 saturated carbocycles. The van der Waals surface area contributed by atoms with Crippen molar-refractivity contribution in [3.63, 3.8) is 0 Å². The third kappa shape index (κ3) is 34.0. The molecule has 0 aliphatic rings. The maximum Gasteiger partial charge on any atom is 0.147 e. The van der Waals surface area contributed by atoms with E-state index in [1.807, 2.05) is 0 Å². The zero-order valence-corrected chi connectivity index (χ0v) is 50.5. The number of ether oxygens (including phenoxy) is 4. The highest BCUT2D eigenvalue weighted by atomic mass is 79.9. The van der Waals surface area contributed by atoms with Gasteiger partial charge in [-0.25, -0.2) is 0 Å². The second-order valence-corrected chi connectivity index (χ2v) is 24.5. The summed E-state index contributed by atoms with van der Waals surface area (Å²) in [6, 6.07) is 8.55. The van der Waals surface area contributed by atoms with Crippen LogP contribution in [0.5, 0.6) is 11.5 Å². The van der Waals surface area contributed by atoms with E-state index in [-0.39, 0.29) is 9.65 Å². The van der Waals surface area contributed by atoms with Gasteiger partial charge in [0.15, 0.2) is 0 Å². The quantitative estimate of drug-likeness (QED) is 0.0489. The van der Waals surface area contributed by atoms with Crippen molar-refractivity contribution < 1.29 is 18.9 Å². The molecule has 376 valence electrons. The molecular formula is C55H90Br6O4. The van der Waals surface area contributed by atoms with Gasteiger partial charge in [-0.3, -0.25) is 0 Å². The molecule has 0 aromatic heterocycles. The van der Waals surface area contributed by atoms with E-state index in [0.717, 1.165) is 61.9 Å². The smallest absolute Gasteiger partial charge is 0.147 e. The molecular weight excluding hydrogens is 1200 g/mol. The highest BCUT2D eigenvalue weighted by Crippen LogP contribution is 2.38. The van der Waals surface area contributed by atoms with Crippen LogP contribution in [0.2, 0.25) is 0 Å². The van der Waals surface area contributed by atoms with Gasteiger partial charge < -0.3 is 18.9 Å². The predicted octanol–water partition coefficient (Wildman–Crippen LogP) is 21.2. The lowest BCUT2D eigenvalue weighted by molar-refractivity contribution is 0.121. The molecule has 2 aromatic rings. The Labute approximate surface area is 450 Å². The van der Waals surface area contributed by atoms with Gasteiger partial charge in [-0.1, -0.05) is 238 Å². The summed E-state index contributed by atoms with van der Waals surface area (Å²) in [5.74, 6) is 1.61. The Bertz CT molecular complexity index is 1260. The van der Waals surface area contributed by atoms with Crippen molar-refractivity contribution in [1.29, 1.82) is 0 Å². The molecule has 4 nitrogen and oxygen atoms in total. The molecule has 0 saturated heterocycles. The zero-order chi connectivity index (χ0) is 47.0. The lowest BCUT2D eigenvalue weighted by atomic mass is 10.0. The molecule has 0 bridgehead atoms. The average Bonchev–Trinajstić information content (AvgIpc) is 3.27. The Morgan fingerprint density at radius 1 is 0.338 bits per heavy atom. The summed E-state index contributed by atoms with van der Waals surface area (Å²) < 4.78 is 28.1. The molecule has 2 aromatic carbocycles. The third-order valence-electron chi connectivity index (χ3n) is 12.2. The number of benzene rings is 2. The van der Waals surface area contributed by atoms with Gasteiger partial charge in [0.05, 0.1) is 40.8 Å². The highest BCUT2D eigenvalue weighted by Gasteiger charge is 2.16. The van der Waals surface area contributed by atoms with E-state index in [4.69, 9.17) is 18.9 Å². The van der Waals surface area contributed by atoms with Crippen LogP contribution in [-0.2, 0) is 15.9 Å². The van der Waals surface area contributed by atoms with Crippen molar-refractivity contribution in [2.24, 2.45) is 0 Å². The summed E-state index contributed by atoms with van der Waals surface area (Å²) in [7, 11) is 0. The van der Waals surface area contributed by atoms with E-state index < -0.39 is 0 Å². The van der Waals surface area contributed by atoms with Gasteiger partial charge in [-0.15, -0.1) is 0 Å². The molecule has 0 heterocycles. The fraction of sp³-hybridized carbons (Fsp3) is 0.782. The Morgan fingerprint density at radius 2 is 0.569 bits per heavy atom. The molecule has 10 heteroatoms. The first-order chi connectivity index (χ1) is 31.7. The normalized spacial score (nSPS) is 12.6. The first-order valence-corrected chi connectivity index (χ1v) is 31.4. The number of unbranched alkanes of at least 4 members (excludes halogenated alkanes) is 30. The van der Waals surface area contributed by atoms with Gasteiger partial charge in [-0.05, 0) is 118 Å². The van der Waals surface area contributed by atoms with Gasteiger partial charge in [0.2, 0.25) is 0 Å². The number of halogens is 6. The minimum Gasteiger partial charge on any atom is -0.490 e. The molecule has 0 N–H and O–H groups in total. The molecule has 0 aliphatic carbocycles. The average molecular weight is 1290 g/mol. The van der Waals surface area contributed by atoms with E-state index in [2.05, 4.69) is 134 Å². The summed E-state index contributed by atoms with van der Waals surface area (Å²) in [6.45, 7) is 8.54. The fourth-order valence-corrected chi connectivity index (χ4v) is 12.0. The minimum atomic E-state index is 0.123. The van der Waals surface area contributed by atoms with Gasteiger partial charge >= 0.3 is 0 Å². The predicted molar refractivity (Wildman–Crippen MR) is 304 cm³/mol. The second kappa shape index (κ2) is 43.6. The van der Waals surface area contributed by atoms with Crippen molar-refractivity contribution in [2.75, 3.05) is 39.6 Å². The van der Waals surface area contributed by atoms with Crippen LogP contribution in [0.4, 0.5) is 0 Å². The first kappa shape index (κ1) is 62.0. The Hall–Kier alpha value is 0.840. The van der Waals surface area contributed by atoms with Crippen LogP contribution in [0.3, 0.4) is 0 Å². The molecule has 0 spiro atoms. The van der Waals surface area contributed by atoms with E-state index in [1.165, 1.54) is 204 Å². The second-order valence-electron chi connectivity index (χ2n) is 18.5. The Balaban J connectivity index is 1.52. The van der Waals surface area contributed by atoms with E-state index in [9.17, 15) is 0 Å². The van der Waals surface area contributed by atoms with Crippen molar-refractivity contribution in [2.45, 2.75) is 235 Å². The molecule has 0 amide bonds. The summed E-state index contributed by atoms with van der Waals surface area (Å²) in [6.07, 6.45) is 45.0. The van der Waals surface area contributed by atoms with Crippen LogP contribution in [0.25, 0.3) is 0 Å². The number of hydrogen-bond acceptors (Lipinski definition) is 4. The summed E-state index contributed by atoms with van der Waals surface area (Å²) in [4.78, 5) is 0.247. The molecule has 65 heavy (non-hydrogen) atoms. The van der Waals surface area contributed by atoms with E-state index in [0.29, 0.717) is 26.4 Å². The Kier molecular flexibility index (Phi) is 41.6. The lowest BCUT2D eigenvalue weighted by Crippen LogP contribution is -2.18. The van der Waals surface area contributed by atoms with Gasteiger partial charge in [0.1, 0.15) is 24.7 Å². The van der Waals surface area contributed by atoms with Crippen LogP contribution < -0.4 is 9.47 Å². The largest absolute Gasteiger partial charge is 0.490 e. The summed E-state index contributed by atoms with van der Waals surface area (Å²) in [5, 5.41) is 0. The van der Waals surface area contributed by atoms with Crippen molar-refractivity contribution in [3.05, 3.63) is 53.3 Å². The van der Waals surface area contributed by atoms with Crippen LogP contribution in [0.15, 0.2) is 42.2 Å². The standard InChI is InChI=1S/C55H90Br6O4/c1-3-5-7-9-11-13-15-17-19-21-23-25-27-29-31-33-35-62-42-48(56)44-64-54-50(58)38-46(39-51(54)59)37-47-40-52(60)55(53(61)41-47)65-45-49(57)43-63-36-34-32-30-28-26-24-22-20-18-16-14-12-10-8-6-4-2/h38-41,48-49H,3-37,42-45H2,1-2H3. The van der Waals surface area contributed by atoms with Crippen LogP contribution in [0.1, 0.15) is 230 Å². The minimum absolute atomic E-state index is 0.123. The Morgan fingerprint density at radius 3 is 0.815 bits per heavy atom. The molecule has 2 atom stereocenters. The van der Waals surface area contributed by atoms with Crippen LogP contribution >= 0.6 is 95.6 Å². The topological polar surface area (TPSA) is 36.9 Å².